The Morgan fingerprint density at radius 1 is 1.17 bits per heavy atom. The minimum atomic E-state index is -0.674. The Kier molecular flexibility index (Phi) is 6.94. The Balaban J connectivity index is 1.64. The van der Waals surface area contributed by atoms with Crippen molar-refractivity contribution in [1.29, 1.82) is 0 Å². The molecule has 2 amide bonds. The number of methoxy groups -OCH3 is 1. The fraction of sp³-hybridized carbons (Fsp3) is 0.381. The number of benzene rings is 1. The molecule has 0 fully saturated rings. The van der Waals surface area contributed by atoms with Gasteiger partial charge in [0.15, 0.2) is 18.1 Å². The molecule has 30 heavy (non-hydrogen) atoms. The molecule has 8 nitrogen and oxygen atoms in total. The molecule has 0 radical (unpaired) electrons. The van der Waals surface area contributed by atoms with Crippen LogP contribution in [0.25, 0.3) is 0 Å². The van der Waals surface area contributed by atoms with Crippen LogP contribution in [0.15, 0.2) is 18.2 Å². The molecule has 0 saturated heterocycles. The Bertz CT molecular complexity index is 969. The Labute approximate surface area is 178 Å². The van der Waals surface area contributed by atoms with Gasteiger partial charge in [0.05, 0.1) is 24.8 Å². The zero-order chi connectivity index (χ0) is 21.7. The molecule has 0 saturated carbocycles. The maximum absolute atomic E-state index is 12.3. The fourth-order valence-electron chi connectivity index (χ4n) is 3.36. The molecule has 3 N–H and O–H groups in total. The van der Waals surface area contributed by atoms with Crippen LogP contribution in [0.3, 0.4) is 0 Å². The maximum Gasteiger partial charge on any atom is 0.338 e. The summed E-state index contributed by atoms with van der Waals surface area (Å²) in [6.45, 7) is 1.81. The quantitative estimate of drug-likeness (QED) is 0.620. The number of carbonyl (C=O) groups is 3. The van der Waals surface area contributed by atoms with E-state index in [2.05, 4.69) is 5.32 Å². The Morgan fingerprint density at radius 3 is 2.63 bits per heavy atom. The molecule has 9 heteroatoms. The number of fused-ring (bicyclic) bond motifs is 1. The van der Waals surface area contributed by atoms with Crippen LogP contribution in [0.4, 0.5) is 5.00 Å². The van der Waals surface area contributed by atoms with Gasteiger partial charge in [0, 0.05) is 4.88 Å². The smallest absolute Gasteiger partial charge is 0.338 e. The van der Waals surface area contributed by atoms with Crippen LogP contribution in [0.2, 0.25) is 0 Å². The highest BCUT2D eigenvalue weighted by molar-refractivity contribution is 7.17. The van der Waals surface area contributed by atoms with Crippen molar-refractivity contribution in [2.75, 3.05) is 25.6 Å². The van der Waals surface area contributed by atoms with Gasteiger partial charge in [0.2, 0.25) is 0 Å². The van der Waals surface area contributed by atoms with Crippen molar-refractivity contribution in [2.24, 2.45) is 5.73 Å². The van der Waals surface area contributed by atoms with Gasteiger partial charge in [-0.1, -0.05) is 0 Å². The number of carbonyl (C=O) groups excluding carboxylic acids is 3. The SMILES string of the molecule is CCOc1ccc(C(=O)OCC(=O)Nc2sc3c(c2C(N)=O)CCCC3)cc1OC. The molecular formula is C21H24N2O6S. The highest BCUT2D eigenvalue weighted by Gasteiger charge is 2.25. The highest BCUT2D eigenvalue weighted by atomic mass is 32.1. The molecule has 0 unspecified atom stereocenters. The minimum absolute atomic E-state index is 0.229. The van der Waals surface area contributed by atoms with E-state index in [4.69, 9.17) is 19.9 Å². The van der Waals surface area contributed by atoms with Crippen molar-refractivity contribution in [3.63, 3.8) is 0 Å². The van der Waals surface area contributed by atoms with Gasteiger partial charge in [0.25, 0.3) is 11.8 Å². The molecule has 1 aliphatic carbocycles. The number of amides is 2. The lowest BCUT2D eigenvalue weighted by molar-refractivity contribution is -0.119. The summed E-state index contributed by atoms with van der Waals surface area (Å²) in [6.07, 6.45) is 3.67. The van der Waals surface area contributed by atoms with Crippen molar-refractivity contribution in [3.05, 3.63) is 39.8 Å². The molecule has 1 aromatic heterocycles. The van der Waals surface area contributed by atoms with Gasteiger partial charge in [-0.2, -0.15) is 0 Å². The molecule has 1 aromatic carbocycles. The van der Waals surface area contributed by atoms with Gasteiger partial charge >= 0.3 is 5.97 Å². The normalized spacial score (nSPS) is 12.6. The summed E-state index contributed by atoms with van der Waals surface area (Å²) < 4.78 is 15.7. The number of rotatable bonds is 8. The maximum atomic E-state index is 12.3. The van der Waals surface area contributed by atoms with Crippen molar-refractivity contribution < 1.29 is 28.6 Å². The number of esters is 1. The van der Waals surface area contributed by atoms with Gasteiger partial charge < -0.3 is 25.3 Å². The van der Waals surface area contributed by atoms with Crippen LogP contribution in [0.5, 0.6) is 11.5 Å². The number of hydrogen-bond donors (Lipinski definition) is 2. The van der Waals surface area contributed by atoms with Crippen LogP contribution in [-0.4, -0.2) is 38.1 Å². The predicted molar refractivity (Wildman–Crippen MR) is 113 cm³/mol. The highest BCUT2D eigenvalue weighted by Crippen LogP contribution is 2.37. The topological polar surface area (TPSA) is 117 Å². The van der Waals surface area contributed by atoms with Crippen molar-refractivity contribution in [2.45, 2.75) is 32.6 Å². The second kappa shape index (κ2) is 9.62. The molecule has 0 aliphatic heterocycles. The van der Waals surface area contributed by atoms with E-state index in [-0.39, 0.29) is 5.56 Å². The summed E-state index contributed by atoms with van der Waals surface area (Å²) in [5, 5.41) is 3.08. The predicted octanol–water partition coefficient (Wildman–Crippen LogP) is 2.93. The second-order valence-electron chi connectivity index (χ2n) is 6.70. The van der Waals surface area contributed by atoms with Gasteiger partial charge in [-0.3, -0.25) is 9.59 Å². The Morgan fingerprint density at radius 2 is 1.93 bits per heavy atom. The van der Waals surface area contributed by atoms with E-state index >= 15 is 0 Å². The van der Waals surface area contributed by atoms with E-state index in [0.29, 0.717) is 28.7 Å². The first-order valence-corrected chi connectivity index (χ1v) is 10.5. The Hall–Kier alpha value is -3.07. The van der Waals surface area contributed by atoms with E-state index in [9.17, 15) is 14.4 Å². The summed E-state index contributed by atoms with van der Waals surface area (Å²) in [7, 11) is 1.47. The fourth-order valence-corrected chi connectivity index (χ4v) is 4.67. The average molecular weight is 432 g/mol. The lowest BCUT2D eigenvalue weighted by atomic mass is 9.95. The zero-order valence-electron chi connectivity index (χ0n) is 16.9. The van der Waals surface area contributed by atoms with Crippen LogP contribution in [0.1, 0.15) is 50.9 Å². The summed E-state index contributed by atoms with van der Waals surface area (Å²) in [6, 6.07) is 4.63. The standard InChI is InChI=1S/C21H24N2O6S/c1-3-28-14-9-8-12(10-15(14)27-2)21(26)29-11-17(24)23-20-18(19(22)25)13-6-4-5-7-16(13)30-20/h8-10H,3-7,11H2,1-2H3,(H2,22,25)(H,23,24). The first-order chi connectivity index (χ1) is 14.4. The van der Waals surface area contributed by atoms with E-state index in [1.165, 1.54) is 30.6 Å². The lowest BCUT2D eigenvalue weighted by Crippen LogP contribution is -2.23. The van der Waals surface area contributed by atoms with Crippen LogP contribution in [-0.2, 0) is 22.4 Å². The molecule has 160 valence electrons. The zero-order valence-corrected chi connectivity index (χ0v) is 17.7. The molecule has 0 atom stereocenters. The van der Waals surface area contributed by atoms with Crippen molar-refractivity contribution in [1.82, 2.24) is 0 Å². The van der Waals surface area contributed by atoms with Gasteiger partial charge in [-0.05, 0) is 56.4 Å². The summed E-state index contributed by atoms with van der Waals surface area (Å²) >= 11 is 1.36. The lowest BCUT2D eigenvalue weighted by Gasteiger charge is -2.11. The first-order valence-electron chi connectivity index (χ1n) is 9.66. The molecule has 0 spiro atoms. The molecule has 0 bridgehead atoms. The molecule has 3 rings (SSSR count). The molecule has 1 heterocycles. The second-order valence-corrected chi connectivity index (χ2v) is 7.81. The third-order valence-electron chi connectivity index (χ3n) is 4.70. The van der Waals surface area contributed by atoms with E-state index in [1.807, 2.05) is 6.92 Å². The number of anilines is 1. The minimum Gasteiger partial charge on any atom is -0.493 e. The molecular weight excluding hydrogens is 408 g/mol. The van der Waals surface area contributed by atoms with Gasteiger partial charge in [0.1, 0.15) is 5.00 Å². The van der Waals surface area contributed by atoms with Crippen molar-refractivity contribution in [3.8, 4) is 11.5 Å². The number of thiophene rings is 1. The van der Waals surface area contributed by atoms with E-state index < -0.39 is 24.4 Å². The average Bonchev–Trinajstić information content (AvgIpc) is 3.10. The van der Waals surface area contributed by atoms with Gasteiger partial charge in [-0.15, -0.1) is 11.3 Å². The van der Waals surface area contributed by atoms with E-state index in [0.717, 1.165) is 36.1 Å². The van der Waals surface area contributed by atoms with Crippen LogP contribution < -0.4 is 20.5 Å². The number of ether oxygens (including phenoxy) is 3. The molecule has 2 aromatic rings. The largest absolute Gasteiger partial charge is 0.493 e. The third kappa shape index (κ3) is 4.73. The number of nitrogens with one attached hydrogen (secondary N) is 1. The number of hydrogen-bond acceptors (Lipinski definition) is 7. The number of aryl methyl sites for hydroxylation is 1. The summed E-state index contributed by atoms with van der Waals surface area (Å²) in [5.41, 5.74) is 7.05. The van der Waals surface area contributed by atoms with Gasteiger partial charge in [-0.25, -0.2) is 4.79 Å². The van der Waals surface area contributed by atoms with Crippen LogP contribution in [0, 0.1) is 0 Å². The van der Waals surface area contributed by atoms with Crippen molar-refractivity contribution >= 4 is 34.1 Å². The number of nitrogens with two attached hydrogens (primary N) is 1. The number of primary amides is 1. The van der Waals surface area contributed by atoms with Crippen LogP contribution >= 0.6 is 11.3 Å². The third-order valence-corrected chi connectivity index (χ3v) is 5.91. The molecule has 1 aliphatic rings. The van der Waals surface area contributed by atoms with E-state index in [1.54, 1.807) is 6.07 Å². The monoisotopic (exact) mass is 432 g/mol. The summed E-state index contributed by atoms with van der Waals surface area (Å²) in [4.78, 5) is 37.6. The first kappa shape index (κ1) is 21.6. The summed E-state index contributed by atoms with van der Waals surface area (Å²) in [5.74, 6) is -0.876.